The highest BCUT2D eigenvalue weighted by Gasteiger charge is 2.15. The third-order valence-electron chi connectivity index (χ3n) is 3.24. The topological polar surface area (TPSA) is 71.1 Å². The summed E-state index contributed by atoms with van der Waals surface area (Å²) < 4.78 is 12.8. The number of nitrogens with zero attached hydrogens (tertiary/aromatic N) is 1. The zero-order chi connectivity index (χ0) is 16.7. The highest BCUT2D eigenvalue weighted by atomic mass is 19.1. The number of halogens is 1. The largest absolute Gasteiger partial charge is 0.350 e. The Morgan fingerprint density at radius 2 is 1.91 bits per heavy atom. The minimum absolute atomic E-state index is 0.0977. The second-order valence-electron chi connectivity index (χ2n) is 5.17. The first kappa shape index (κ1) is 16.6. The number of carbonyl (C=O) groups excluding carboxylic acids is 2. The molecule has 0 spiro atoms. The van der Waals surface area contributed by atoms with Gasteiger partial charge in [0.05, 0.1) is 6.42 Å². The van der Waals surface area contributed by atoms with E-state index >= 15 is 0 Å². The van der Waals surface area contributed by atoms with Crippen molar-refractivity contribution in [2.45, 2.75) is 25.9 Å². The van der Waals surface area contributed by atoms with Gasteiger partial charge in [-0.1, -0.05) is 18.2 Å². The van der Waals surface area contributed by atoms with Crippen LogP contribution in [0.5, 0.6) is 0 Å². The van der Waals surface area contributed by atoms with Crippen molar-refractivity contribution in [2.24, 2.45) is 0 Å². The lowest BCUT2D eigenvalue weighted by molar-refractivity contribution is -0.128. The summed E-state index contributed by atoms with van der Waals surface area (Å²) in [5, 5.41) is 5.35. The van der Waals surface area contributed by atoms with Gasteiger partial charge in [0.2, 0.25) is 11.8 Å². The molecule has 0 saturated heterocycles. The molecule has 0 aliphatic rings. The van der Waals surface area contributed by atoms with E-state index in [0.717, 1.165) is 5.56 Å². The quantitative estimate of drug-likeness (QED) is 0.850. The number of hydrogen-bond donors (Lipinski definition) is 2. The average molecular weight is 315 g/mol. The number of carbonyl (C=O) groups is 2. The zero-order valence-corrected chi connectivity index (χ0v) is 12.8. The number of benzene rings is 1. The molecule has 1 aromatic carbocycles. The van der Waals surface area contributed by atoms with E-state index in [1.807, 2.05) is 6.07 Å². The molecule has 5 nitrogen and oxygen atoms in total. The molecular formula is C17H18FN3O2. The lowest BCUT2D eigenvalue weighted by Crippen LogP contribution is -2.45. The van der Waals surface area contributed by atoms with Crippen LogP contribution in [0.3, 0.4) is 0 Å². The Labute approximate surface area is 133 Å². The molecule has 1 atom stereocenters. The molecule has 0 radical (unpaired) electrons. The van der Waals surface area contributed by atoms with Crippen LogP contribution in [0.25, 0.3) is 0 Å². The van der Waals surface area contributed by atoms with Gasteiger partial charge in [-0.2, -0.15) is 0 Å². The maximum atomic E-state index is 12.8. The van der Waals surface area contributed by atoms with Crippen LogP contribution in [-0.4, -0.2) is 22.8 Å². The van der Waals surface area contributed by atoms with Gasteiger partial charge in [-0.05, 0) is 36.2 Å². The maximum absolute atomic E-state index is 12.8. The van der Waals surface area contributed by atoms with Gasteiger partial charge in [-0.3, -0.25) is 14.6 Å². The van der Waals surface area contributed by atoms with Crippen molar-refractivity contribution in [1.29, 1.82) is 0 Å². The fraction of sp³-hybridized carbons (Fsp3) is 0.235. The normalized spacial score (nSPS) is 11.6. The molecule has 2 N–H and O–H groups in total. The first-order chi connectivity index (χ1) is 11.0. The molecule has 1 heterocycles. The first-order valence-electron chi connectivity index (χ1n) is 7.25. The number of amides is 2. The number of aromatic nitrogens is 1. The average Bonchev–Trinajstić information content (AvgIpc) is 2.55. The molecule has 0 aliphatic carbocycles. The number of hydrogen-bond acceptors (Lipinski definition) is 3. The monoisotopic (exact) mass is 315 g/mol. The minimum atomic E-state index is -0.653. The van der Waals surface area contributed by atoms with E-state index in [0.29, 0.717) is 12.1 Å². The molecule has 1 aromatic heterocycles. The third kappa shape index (κ3) is 5.50. The van der Waals surface area contributed by atoms with Gasteiger partial charge in [0.1, 0.15) is 11.9 Å². The standard InChI is InChI=1S/C17H18FN3O2/c1-12(17(23)20-11-14-3-2-8-19-10-14)21-16(22)9-13-4-6-15(18)7-5-13/h2-8,10,12H,9,11H2,1H3,(H,20,23)(H,21,22)/t12-/m0/s1. The molecule has 0 fully saturated rings. The lowest BCUT2D eigenvalue weighted by atomic mass is 10.1. The van der Waals surface area contributed by atoms with Gasteiger partial charge in [0, 0.05) is 18.9 Å². The molecule has 0 saturated carbocycles. The third-order valence-corrected chi connectivity index (χ3v) is 3.24. The summed E-state index contributed by atoms with van der Waals surface area (Å²) in [5.74, 6) is -0.917. The Hall–Kier alpha value is -2.76. The summed E-state index contributed by atoms with van der Waals surface area (Å²) in [6.07, 6.45) is 3.42. The summed E-state index contributed by atoms with van der Waals surface area (Å²) >= 11 is 0. The SMILES string of the molecule is C[C@H](NC(=O)Cc1ccc(F)cc1)C(=O)NCc1cccnc1. The van der Waals surface area contributed by atoms with Gasteiger partial charge in [0.25, 0.3) is 0 Å². The molecule has 23 heavy (non-hydrogen) atoms. The zero-order valence-electron chi connectivity index (χ0n) is 12.8. The van der Waals surface area contributed by atoms with Gasteiger partial charge < -0.3 is 10.6 Å². The Kier molecular flexibility index (Phi) is 5.80. The van der Waals surface area contributed by atoms with E-state index in [-0.39, 0.29) is 24.1 Å². The van der Waals surface area contributed by atoms with Crippen molar-refractivity contribution < 1.29 is 14.0 Å². The predicted molar refractivity (Wildman–Crippen MR) is 83.8 cm³/mol. The maximum Gasteiger partial charge on any atom is 0.242 e. The van der Waals surface area contributed by atoms with Crippen LogP contribution in [-0.2, 0) is 22.6 Å². The van der Waals surface area contributed by atoms with Crippen LogP contribution in [0.2, 0.25) is 0 Å². The molecule has 0 aliphatic heterocycles. The van der Waals surface area contributed by atoms with Gasteiger partial charge in [0.15, 0.2) is 0 Å². The predicted octanol–water partition coefficient (Wildman–Crippen LogP) is 1.58. The summed E-state index contributed by atoms with van der Waals surface area (Å²) in [5.41, 5.74) is 1.57. The van der Waals surface area contributed by atoms with Crippen molar-refractivity contribution in [3.05, 3.63) is 65.7 Å². The number of nitrogens with one attached hydrogen (secondary N) is 2. The van der Waals surface area contributed by atoms with Gasteiger partial charge >= 0.3 is 0 Å². The fourth-order valence-electron chi connectivity index (χ4n) is 1.99. The second-order valence-corrected chi connectivity index (χ2v) is 5.17. The molecular weight excluding hydrogens is 297 g/mol. The van der Waals surface area contributed by atoms with Gasteiger partial charge in [-0.15, -0.1) is 0 Å². The van der Waals surface area contributed by atoms with E-state index in [1.54, 1.807) is 37.5 Å². The fourth-order valence-corrected chi connectivity index (χ4v) is 1.99. The van der Waals surface area contributed by atoms with Crippen molar-refractivity contribution in [1.82, 2.24) is 15.6 Å². The van der Waals surface area contributed by atoms with Crippen LogP contribution in [0.15, 0.2) is 48.8 Å². The molecule has 0 bridgehead atoms. The molecule has 2 rings (SSSR count). The minimum Gasteiger partial charge on any atom is -0.350 e. The summed E-state index contributed by atoms with van der Waals surface area (Å²) in [4.78, 5) is 27.8. The van der Waals surface area contributed by atoms with E-state index in [9.17, 15) is 14.0 Å². The second kappa shape index (κ2) is 8.03. The van der Waals surface area contributed by atoms with Crippen molar-refractivity contribution in [3.8, 4) is 0 Å². The molecule has 6 heteroatoms. The highest BCUT2D eigenvalue weighted by Crippen LogP contribution is 2.03. The Morgan fingerprint density at radius 1 is 1.17 bits per heavy atom. The van der Waals surface area contributed by atoms with Crippen molar-refractivity contribution in [3.63, 3.8) is 0 Å². The summed E-state index contributed by atoms with van der Waals surface area (Å²) in [7, 11) is 0. The van der Waals surface area contributed by atoms with Crippen molar-refractivity contribution >= 4 is 11.8 Å². The van der Waals surface area contributed by atoms with Crippen LogP contribution < -0.4 is 10.6 Å². The van der Waals surface area contributed by atoms with Crippen LogP contribution in [0.1, 0.15) is 18.1 Å². The van der Waals surface area contributed by atoms with Crippen LogP contribution in [0.4, 0.5) is 4.39 Å². The van der Waals surface area contributed by atoms with Crippen molar-refractivity contribution in [2.75, 3.05) is 0 Å². The smallest absolute Gasteiger partial charge is 0.242 e. The Balaban J connectivity index is 1.78. The van der Waals surface area contributed by atoms with E-state index in [4.69, 9.17) is 0 Å². The van der Waals surface area contributed by atoms with E-state index in [2.05, 4.69) is 15.6 Å². The molecule has 2 amide bonds. The number of rotatable bonds is 6. The molecule has 2 aromatic rings. The van der Waals surface area contributed by atoms with Crippen LogP contribution in [0, 0.1) is 5.82 Å². The summed E-state index contributed by atoms with van der Waals surface area (Å²) in [6, 6.07) is 8.67. The highest BCUT2D eigenvalue weighted by molar-refractivity contribution is 5.88. The van der Waals surface area contributed by atoms with E-state index < -0.39 is 6.04 Å². The Bertz CT molecular complexity index is 659. The molecule has 120 valence electrons. The Morgan fingerprint density at radius 3 is 2.57 bits per heavy atom. The lowest BCUT2D eigenvalue weighted by Gasteiger charge is -2.14. The first-order valence-corrected chi connectivity index (χ1v) is 7.25. The van der Waals surface area contributed by atoms with Gasteiger partial charge in [-0.25, -0.2) is 4.39 Å². The summed E-state index contributed by atoms with van der Waals surface area (Å²) in [6.45, 7) is 1.96. The van der Waals surface area contributed by atoms with E-state index in [1.165, 1.54) is 12.1 Å². The molecule has 0 unspecified atom stereocenters. The van der Waals surface area contributed by atoms with Crippen LogP contribution >= 0.6 is 0 Å². The number of pyridine rings is 1.